The van der Waals surface area contributed by atoms with E-state index in [0.717, 1.165) is 47.7 Å². The fourth-order valence-corrected chi connectivity index (χ4v) is 10.9. The molecular weight excluding hydrogens is 621 g/mol. The monoisotopic (exact) mass is 684 g/mol. The van der Waals surface area contributed by atoms with Crippen molar-refractivity contribution in [1.29, 1.82) is 0 Å². The largest absolute Gasteiger partial charge is 0.462 e. The van der Waals surface area contributed by atoms with E-state index in [9.17, 15) is 0 Å². The van der Waals surface area contributed by atoms with Crippen molar-refractivity contribution in [1.82, 2.24) is 0 Å². The Balaban J connectivity index is 1.21. The first kappa shape index (κ1) is 36.1. The zero-order valence-electron chi connectivity index (χ0n) is 32.7. The van der Waals surface area contributed by atoms with Gasteiger partial charge in [-0.25, -0.2) is 0 Å². The Kier molecular flexibility index (Phi) is 10.9. The third-order valence-electron chi connectivity index (χ3n) is 13.4. The Morgan fingerprint density at radius 1 is 0.647 bits per heavy atom. The Labute approximate surface area is 310 Å². The lowest BCUT2D eigenvalue weighted by Gasteiger charge is -2.56. The number of hydrogen-bond acceptors (Lipinski definition) is 2. The van der Waals surface area contributed by atoms with Crippen molar-refractivity contribution < 1.29 is 9.47 Å². The van der Waals surface area contributed by atoms with Crippen LogP contribution in [-0.2, 0) is 18.3 Å². The number of allylic oxidation sites excluding steroid dienone is 4. The summed E-state index contributed by atoms with van der Waals surface area (Å²) in [7, 11) is 0. The predicted octanol–water partition coefficient (Wildman–Crippen LogP) is 14.0. The normalized spacial score (nSPS) is 29.1. The van der Waals surface area contributed by atoms with Crippen molar-refractivity contribution in [2.75, 3.05) is 0 Å². The highest BCUT2D eigenvalue weighted by Gasteiger charge is 2.53. The summed E-state index contributed by atoms with van der Waals surface area (Å²) in [5.41, 5.74) is 8.99. The molecule has 0 spiro atoms. The quantitative estimate of drug-likeness (QED) is 0.247. The molecule has 2 heteroatoms. The van der Waals surface area contributed by atoms with Gasteiger partial charge in [0.05, 0.1) is 0 Å². The van der Waals surface area contributed by atoms with Gasteiger partial charge >= 0.3 is 0 Å². The number of benzene rings is 3. The highest BCUT2D eigenvalue weighted by atomic mass is 16.5. The van der Waals surface area contributed by atoms with Crippen LogP contribution in [0.15, 0.2) is 84.1 Å². The topological polar surface area (TPSA) is 18.5 Å². The highest BCUT2D eigenvalue weighted by Crippen LogP contribution is 2.60. The number of hydrogen-bond donors (Lipinski definition) is 0. The molecule has 2 fully saturated rings. The van der Waals surface area contributed by atoms with E-state index in [1.165, 1.54) is 117 Å². The van der Waals surface area contributed by atoms with Crippen LogP contribution in [0.25, 0.3) is 0 Å². The van der Waals surface area contributed by atoms with E-state index in [0.29, 0.717) is 11.8 Å². The first-order chi connectivity index (χ1) is 24.6. The molecule has 0 aromatic heterocycles. The maximum absolute atomic E-state index is 6.70. The molecule has 0 aliphatic heterocycles. The second kappa shape index (κ2) is 15.4. The van der Waals surface area contributed by atoms with Gasteiger partial charge in [-0.1, -0.05) is 95.9 Å². The summed E-state index contributed by atoms with van der Waals surface area (Å²) in [6, 6.07) is 23.2. The summed E-state index contributed by atoms with van der Waals surface area (Å²) < 4.78 is 13.4. The second-order valence-electron chi connectivity index (χ2n) is 17.9. The molecule has 5 atom stereocenters. The molecule has 5 unspecified atom stereocenters. The number of rotatable bonds is 7. The molecule has 272 valence electrons. The minimum absolute atomic E-state index is 0.0139. The van der Waals surface area contributed by atoms with Gasteiger partial charge in [-0.05, 0) is 171 Å². The lowest BCUT2D eigenvalue weighted by Crippen LogP contribution is -2.51. The van der Waals surface area contributed by atoms with Gasteiger partial charge in [0, 0.05) is 11.8 Å². The molecule has 7 rings (SSSR count). The second-order valence-corrected chi connectivity index (χ2v) is 17.9. The van der Waals surface area contributed by atoms with E-state index in [1.807, 2.05) is 0 Å². The van der Waals surface area contributed by atoms with Crippen molar-refractivity contribution in [3.05, 3.63) is 112 Å². The number of ether oxygens (including phenoxy) is 2. The highest BCUT2D eigenvalue weighted by molar-refractivity contribution is 5.50. The summed E-state index contributed by atoms with van der Waals surface area (Å²) in [6.07, 6.45) is 23.3. The van der Waals surface area contributed by atoms with Crippen LogP contribution < -0.4 is 9.47 Å². The van der Waals surface area contributed by atoms with Gasteiger partial charge in [0.2, 0.25) is 0 Å². The predicted molar refractivity (Wildman–Crippen MR) is 214 cm³/mol. The van der Waals surface area contributed by atoms with Gasteiger partial charge in [0.15, 0.2) is 0 Å². The molecule has 3 aromatic rings. The molecule has 4 aliphatic carbocycles. The van der Waals surface area contributed by atoms with Gasteiger partial charge in [-0.3, -0.25) is 0 Å². The van der Waals surface area contributed by atoms with Crippen molar-refractivity contribution in [3.8, 4) is 17.2 Å². The summed E-state index contributed by atoms with van der Waals surface area (Å²) in [6.45, 7) is 14.2. The van der Waals surface area contributed by atoms with Crippen LogP contribution in [0.1, 0.15) is 146 Å². The van der Waals surface area contributed by atoms with Crippen molar-refractivity contribution in [2.45, 2.75) is 143 Å². The molecule has 2 bridgehead atoms. The zero-order valence-corrected chi connectivity index (χ0v) is 32.7. The van der Waals surface area contributed by atoms with Gasteiger partial charge in [0.1, 0.15) is 23.0 Å². The molecular formula is C49H64O2. The average molecular weight is 685 g/mol. The average Bonchev–Trinajstić information content (AvgIpc) is 3.12. The van der Waals surface area contributed by atoms with E-state index in [-0.39, 0.29) is 10.8 Å². The van der Waals surface area contributed by atoms with Crippen molar-refractivity contribution in [2.24, 2.45) is 29.1 Å². The summed E-state index contributed by atoms with van der Waals surface area (Å²) in [5, 5.41) is 0. The molecule has 51 heavy (non-hydrogen) atoms. The van der Waals surface area contributed by atoms with Crippen LogP contribution in [0.5, 0.6) is 17.2 Å². The maximum Gasteiger partial charge on any atom is 0.130 e. The Bertz CT molecular complexity index is 1700. The molecule has 0 heterocycles. The Morgan fingerprint density at radius 2 is 1.27 bits per heavy atom. The lowest BCUT2D eigenvalue weighted by atomic mass is 9.47. The Hall–Kier alpha value is -3.26. The molecule has 0 radical (unpaired) electrons. The van der Waals surface area contributed by atoms with Gasteiger partial charge in [-0.2, -0.15) is 0 Å². The summed E-state index contributed by atoms with van der Waals surface area (Å²) in [5.74, 6) is 6.93. The van der Waals surface area contributed by atoms with Crippen molar-refractivity contribution in [3.63, 3.8) is 0 Å². The fraction of sp³-hybridized carbons (Fsp3) is 0.551. The SMILES string of the molecule is CCC1CC2CC(C)CC(C2)C1(c1ccc(O/C2=C/C=C(/C(C)(C)C)CCCCCC2)cc1)c1ccc(Oc2ccc(C)c3c2CCCC3)cc1. The van der Waals surface area contributed by atoms with Gasteiger partial charge < -0.3 is 9.47 Å². The summed E-state index contributed by atoms with van der Waals surface area (Å²) in [4.78, 5) is 0. The van der Waals surface area contributed by atoms with Gasteiger partial charge in [-0.15, -0.1) is 0 Å². The van der Waals surface area contributed by atoms with E-state index in [2.05, 4.69) is 114 Å². The molecule has 0 saturated heterocycles. The third-order valence-corrected chi connectivity index (χ3v) is 13.4. The summed E-state index contributed by atoms with van der Waals surface area (Å²) >= 11 is 0. The van der Waals surface area contributed by atoms with E-state index >= 15 is 0 Å². The molecule has 0 amide bonds. The third kappa shape index (κ3) is 7.63. The first-order valence-electron chi connectivity index (χ1n) is 20.7. The maximum atomic E-state index is 6.70. The Morgan fingerprint density at radius 3 is 1.94 bits per heavy atom. The number of fused-ring (bicyclic) bond motifs is 3. The standard InChI is InChI=1S/C49H64O2/c1-7-37-32-36-30-34(2)31-41(33-36)49(37,40-22-27-44(28-23-40)51-47-29-18-35(3)45-16-12-13-17-46(45)47)39-20-25-43(26-21-39)50-42-15-11-9-8-10-14-38(19-24-42)48(4,5)6/h18-29,34,36-37,41H,7-17,30-33H2,1-6H3/b38-19+,42-24+. The number of aryl methyl sites for hydroxylation is 1. The van der Waals surface area contributed by atoms with Crippen LogP contribution in [0.3, 0.4) is 0 Å². The van der Waals surface area contributed by atoms with Gasteiger partial charge in [0.25, 0.3) is 0 Å². The van der Waals surface area contributed by atoms with Crippen LogP contribution in [0.4, 0.5) is 0 Å². The molecule has 2 nitrogen and oxygen atoms in total. The fourth-order valence-electron chi connectivity index (χ4n) is 10.9. The van der Waals surface area contributed by atoms with Crippen LogP contribution >= 0.6 is 0 Å². The first-order valence-corrected chi connectivity index (χ1v) is 20.7. The molecule has 3 aromatic carbocycles. The van der Waals surface area contributed by atoms with E-state index in [1.54, 1.807) is 0 Å². The molecule has 2 saturated carbocycles. The minimum Gasteiger partial charge on any atom is -0.462 e. The zero-order chi connectivity index (χ0) is 35.6. The lowest BCUT2D eigenvalue weighted by molar-refractivity contribution is 0.0306. The van der Waals surface area contributed by atoms with E-state index < -0.39 is 0 Å². The van der Waals surface area contributed by atoms with Crippen LogP contribution in [0.2, 0.25) is 0 Å². The smallest absolute Gasteiger partial charge is 0.130 e. The van der Waals surface area contributed by atoms with Crippen LogP contribution in [-0.4, -0.2) is 0 Å². The van der Waals surface area contributed by atoms with Crippen LogP contribution in [0, 0.1) is 36.0 Å². The minimum atomic E-state index is -0.0139. The van der Waals surface area contributed by atoms with Crippen molar-refractivity contribution >= 4 is 0 Å². The molecule has 0 N–H and O–H groups in total. The molecule has 4 aliphatic rings. The van der Waals surface area contributed by atoms with E-state index in [4.69, 9.17) is 9.47 Å².